The van der Waals surface area contributed by atoms with Crippen LogP contribution in [0.2, 0.25) is 0 Å². The number of nitrogens with two attached hydrogens (primary N) is 1. The number of nitrogens with one attached hydrogen (secondary N) is 1. The zero-order valence-corrected chi connectivity index (χ0v) is 12.6. The van der Waals surface area contributed by atoms with Crippen LogP contribution in [0.1, 0.15) is 12.5 Å². The molecule has 0 fully saturated rings. The van der Waals surface area contributed by atoms with Crippen LogP contribution in [0.5, 0.6) is 5.75 Å². The van der Waals surface area contributed by atoms with Gasteiger partial charge in [-0.15, -0.1) is 0 Å². The first-order valence-corrected chi connectivity index (χ1v) is 6.87. The van der Waals surface area contributed by atoms with Crippen LogP contribution in [0.3, 0.4) is 0 Å². The van der Waals surface area contributed by atoms with Crippen LogP contribution in [0, 0.1) is 0 Å². The standard InChI is InChI=1S/C15H21N5O/c1-4-21-13-6-5-12(9-11(13)10-16)18-14-7-8-17-15(19-14)20(2)3/h5-9H,4,10,16H2,1-3H3,(H,17,18,19). The molecule has 0 amide bonds. The van der Waals surface area contributed by atoms with Crippen LogP contribution in [-0.2, 0) is 6.54 Å². The lowest BCUT2D eigenvalue weighted by Crippen LogP contribution is -2.13. The Balaban J connectivity index is 2.21. The number of hydrogen-bond donors (Lipinski definition) is 2. The van der Waals surface area contributed by atoms with Crippen molar-refractivity contribution in [1.29, 1.82) is 0 Å². The molecule has 112 valence electrons. The molecule has 0 atom stereocenters. The summed E-state index contributed by atoms with van der Waals surface area (Å²) in [7, 11) is 3.81. The van der Waals surface area contributed by atoms with Gasteiger partial charge in [-0.3, -0.25) is 0 Å². The first-order valence-electron chi connectivity index (χ1n) is 6.87. The van der Waals surface area contributed by atoms with Crippen molar-refractivity contribution in [2.75, 3.05) is 30.9 Å². The Bertz CT molecular complexity index is 600. The van der Waals surface area contributed by atoms with E-state index in [1.54, 1.807) is 6.20 Å². The molecule has 0 aliphatic rings. The molecule has 6 heteroatoms. The molecule has 0 radical (unpaired) electrons. The number of hydrogen-bond acceptors (Lipinski definition) is 6. The van der Waals surface area contributed by atoms with Crippen molar-refractivity contribution in [2.24, 2.45) is 5.73 Å². The fourth-order valence-corrected chi connectivity index (χ4v) is 1.89. The maximum absolute atomic E-state index is 5.77. The Morgan fingerprint density at radius 3 is 2.76 bits per heavy atom. The van der Waals surface area contributed by atoms with Crippen LogP contribution in [0.25, 0.3) is 0 Å². The maximum Gasteiger partial charge on any atom is 0.226 e. The maximum atomic E-state index is 5.77. The van der Waals surface area contributed by atoms with Crippen LogP contribution >= 0.6 is 0 Å². The summed E-state index contributed by atoms with van der Waals surface area (Å²) in [5, 5.41) is 3.25. The van der Waals surface area contributed by atoms with Crippen LogP contribution in [0.15, 0.2) is 30.5 Å². The van der Waals surface area contributed by atoms with E-state index in [-0.39, 0.29) is 0 Å². The average Bonchev–Trinajstić information content (AvgIpc) is 2.49. The highest BCUT2D eigenvalue weighted by Crippen LogP contribution is 2.24. The smallest absolute Gasteiger partial charge is 0.226 e. The summed E-state index contributed by atoms with van der Waals surface area (Å²) in [6, 6.07) is 7.66. The molecule has 1 heterocycles. The second kappa shape index (κ2) is 6.90. The van der Waals surface area contributed by atoms with Crippen molar-refractivity contribution >= 4 is 17.5 Å². The van der Waals surface area contributed by atoms with Gasteiger partial charge in [-0.2, -0.15) is 4.98 Å². The largest absolute Gasteiger partial charge is 0.494 e. The van der Waals surface area contributed by atoms with Crippen molar-refractivity contribution < 1.29 is 4.74 Å². The average molecular weight is 287 g/mol. The number of ether oxygens (including phenoxy) is 1. The van der Waals surface area contributed by atoms with Crippen LogP contribution < -0.4 is 20.7 Å². The molecule has 0 aliphatic carbocycles. The summed E-state index contributed by atoms with van der Waals surface area (Å²) < 4.78 is 5.54. The molecule has 0 bridgehead atoms. The summed E-state index contributed by atoms with van der Waals surface area (Å²) >= 11 is 0. The molecular weight excluding hydrogens is 266 g/mol. The van der Waals surface area contributed by atoms with Gasteiger partial charge in [0.1, 0.15) is 11.6 Å². The van der Waals surface area contributed by atoms with Crippen molar-refractivity contribution in [3.05, 3.63) is 36.0 Å². The summed E-state index contributed by atoms with van der Waals surface area (Å²) in [5.41, 5.74) is 7.65. The van der Waals surface area contributed by atoms with Crippen molar-refractivity contribution in [2.45, 2.75) is 13.5 Å². The minimum Gasteiger partial charge on any atom is -0.494 e. The van der Waals surface area contributed by atoms with E-state index in [4.69, 9.17) is 10.5 Å². The van der Waals surface area contributed by atoms with Gasteiger partial charge in [0.2, 0.25) is 5.95 Å². The third-order valence-corrected chi connectivity index (χ3v) is 2.90. The van der Waals surface area contributed by atoms with Crippen molar-refractivity contribution in [3.8, 4) is 5.75 Å². The van der Waals surface area contributed by atoms with E-state index < -0.39 is 0 Å². The van der Waals surface area contributed by atoms with E-state index in [1.807, 2.05) is 50.2 Å². The Kier molecular flexibility index (Phi) is 4.94. The van der Waals surface area contributed by atoms with Crippen molar-refractivity contribution in [3.63, 3.8) is 0 Å². The lowest BCUT2D eigenvalue weighted by Gasteiger charge is -2.13. The topological polar surface area (TPSA) is 76.3 Å². The van der Waals surface area contributed by atoms with Gasteiger partial charge in [0.05, 0.1) is 6.61 Å². The quantitative estimate of drug-likeness (QED) is 0.847. The normalized spacial score (nSPS) is 10.3. The minimum atomic E-state index is 0.428. The molecule has 0 aliphatic heterocycles. The van der Waals surface area contributed by atoms with Gasteiger partial charge in [-0.05, 0) is 31.2 Å². The number of benzene rings is 1. The summed E-state index contributed by atoms with van der Waals surface area (Å²) in [6.07, 6.45) is 1.73. The van der Waals surface area contributed by atoms with Gasteiger partial charge in [-0.1, -0.05) is 0 Å². The molecular formula is C15H21N5O. The highest BCUT2D eigenvalue weighted by molar-refractivity contribution is 5.60. The SMILES string of the molecule is CCOc1ccc(Nc2ccnc(N(C)C)n2)cc1CN. The molecule has 1 aromatic heterocycles. The number of aromatic nitrogens is 2. The fraction of sp³-hybridized carbons (Fsp3) is 0.333. The summed E-state index contributed by atoms with van der Waals surface area (Å²) in [5.74, 6) is 2.22. The third kappa shape index (κ3) is 3.82. The fourth-order valence-electron chi connectivity index (χ4n) is 1.89. The van der Waals surface area contributed by atoms with E-state index in [0.29, 0.717) is 19.1 Å². The zero-order chi connectivity index (χ0) is 15.2. The Hall–Kier alpha value is -2.34. The Morgan fingerprint density at radius 2 is 2.10 bits per heavy atom. The zero-order valence-electron chi connectivity index (χ0n) is 12.6. The molecule has 21 heavy (non-hydrogen) atoms. The minimum absolute atomic E-state index is 0.428. The van der Waals surface area contributed by atoms with Crippen molar-refractivity contribution in [1.82, 2.24) is 9.97 Å². The second-order valence-corrected chi connectivity index (χ2v) is 4.72. The van der Waals surface area contributed by atoms with Gasteiger partial charge in [0.15, 0.2) is 0 Å². The summed E-state index contributed by atoms with van der Waals surface area (Å²) in [6.45, 7) is 3.01. The Morgan fingerprint density at radius 1 is 1.29 bits per heavy atom. The highest BCUT2D eigenvalue weighted by atomic mass is 16.5. The van der Waals surface area contributed by atoms with Gasteiger partial charge in [-0.25, -0.2) is 4.98 Å². The number of rotatable bonds is 6. The monoisotopic (exact) mass is 287 g/mol. The lowest BCUT2D eigenvalue weighted by molar-refractivity contribution is 0.336. The lowest BCUT2D eigenvalue weighted by atomic mass is 10.1. The number of nitrogens with zero attached hydrogens (tertiary/aromatic N) is 3. The van der Waals surface area contributed by atoms with E-state index in [9.17, 15) is 0 Å². The highest BCUT2D eigenvalue weighted by Gasteiger charge is 2.05. The first-order chi connectivity index (χ1) is 10.1. The summed E-state index contributed by atoms with van der Waals surface area (Å²) in [4.78, 5) is 10.5. The van der Waals surface area contributed by atoms with E-state index in [1.165, 1.54) is 0 Å². The van der Waals surface area contributed by atoms with Gasteiger partial charge in [0, 0.05) is 38.1 Å². The number of anilines is 3. The molecule has 2 rings (SSSR count). The van der Waals surface area contributed by atoms with Gasteiger partial charge in [0.25, 0.3) is 0 Å². The molecule has 0 saturated carbocycles. The third-order valence-electron chi connectivity index (χ3n) is 2.90. The molecule has 6 nitrogen and oxygen atoms in total. The van der Waals surface area contributed by atoms with E-state index in [0.717, 1.165) is 22.8 Å². The molecule has 1 aromatic carbocycles. The van der Waals surface area contributed by atoms with Crippen LogP contribution in [0.4, 0.5) is 17.5 Å². The molecule has 0 spiro atoms. The van der Waals surface area contributed by atoms with Gasteiger partial charge >= 0.3 is 0 Å². The van der Waals surface area contributed by atoms with E-state index in [2.05, 4.69) is 15.3 Å². The molecule has 3 N–H and O–H groups in total. The first kappa shape index (κ1) is 15.1. The second-order valence-electron chi connectivity index (χ2n) is 4.72. The predicted octanol–water partition coefficient (Wildman–Crippen LogP) is 2.14. The molecule has 2 aromatic rings. The molecule has 0 unspecified atom stereocenters. The molecule has 0 saturated heterocycles. The van der Waals surface area contributed by atoms with E-state index >= 15 is 0 Å². The van der Waals surface area contributed by atoms with Crippen LogP contribution in [-0.4, -0.2) is 30.7 Å². The van der Waals surface area contributed by atoms with Gasteiger partial charge < -0.3 is 20.7 Å². The predicted molar refractivity (Wildman–Crippen MR) is 85.1 cm³/mol. The Labute approximate surface area is 125 Å².